The number of aromatic nitrogens is 1. The Kier molecular flexibility index (Phi) is 6.61. The van der Waals surface area contributed by atoms with Gasteiger partial charge in [0.1, 0.15) is 12.4 Å². The molecular formula is C22H19ClN2O2. The van der Waals surface area contributed by atoms with Gasteiger partial charge >= 0.3 is 0 Å². The van der Waals surface area contributed by atoms with Gasteiger partial charge in [-0.25, -0.2) is 0 Å². The number of halogens is 1. The van der Waals surface area contributed by atoms with E-state index in [0.29, 0.717) is 18.2 Å². The maximum Gasteiger partial charge on any atom is 0.244 e. The largest absolute Gasteiger partial charge is 0.487 e. The third kappa shape index (κ3) is 6.28. The predicted molar refractivity (Wildman–Crippen MR) is 107 cm³/mol. The molecule has 0 radical (unpaired) electrons. The van der Waals surface area contributed by atoms with E-state index in [1.54, 1.807) is 24.4 Å². The van der Waals surface area contributed by atoms with Crippen LogP contribution in [0.3, 0.4) is 0 Å². The lowest BCUT2D eigenvalue weighted by Crippen LogP contribution is -2.20. The van der Waals surface area contributed by atoms with Gasteiger partial charge in [0.2, 0.25) is 5.91 Å². The fourth-order valence-electron chi connectivity index (χ4n) is 2.34. The molecule has 1 N–H and O–H groups in total. The van der Waals surface area contributed by atoms with Crippen molar-refractivity contribution in [1.82, 2.24) is 10.3 Å². The Morgan fingerprint density at radius 2 is 1.81 bits per heavy atom. The summed E-state index contributed by atoms with van der Waals surface area (Å²) in [6, 6.07) is 20.6. The molecule has 0 fully saturated rings. The summed E-state index contributed by atoms with van der Waals surface area (Å²) in [5.74, 6) is 0.602. The monoisotopic (exact) mass is 378 g/mol. The third-order valence-electron chi connectivity index (χ3n) is 3.80. The molecule has 3 aromatic rings. The van der Waals surface area contributed by atoms with Crippen molar-refractivity contribution < 1.29 is 9.53 Å². The summed E-state index contributed by atoms with van der Waals surface area (Å²) in [5.41, 5.74) is 2.79. The molecule has 0 saturated heterocycles. The third-order valence-corrected chi connectivity index (χ3v) is 4.05. The number of benzene rings is 2. The summed E-state index contributed by atoms with van der Waals surface area (Å²) >= 11 is 5.84. The van der Waals surface area contributed by atoms with E-state index in [9.17, 15) is 4.79 Å². The molecule has 136 valence electrons. The highest BCUT2D eigenvalue weighted by atomic mass is 35.5. The summed E-state index contributed by atoms with van der Waals surface area (Å²) < 4.78 is 5.69. The number of carbonyl (C=O) groups excluding carboxylic acids is 1. The highest BCUT2D eigenvalue weighted by Gasteiger charge is 1.99. The first-order valence-electron chi connectivity index (χ1n) is 8.52. The van der Waals surface area contributed by atoms with Gasteiger partial charge in [0.25, 0.3) is 0 Å². The van der Waals surface area contributed by atoms with Crippen molar-refractivity contribution in [2.24, 2.45) is 0 Å². The van der Waals surface area contributed by atoms with E-state index >= 15 is 0 Å². The molecule has 0 aliphatic heterocycles. The number of pyridine rings is 1. The Bertz CT molecular complexity index is 892. The fourth-order valence-corrected chi connectivity index (χ4v) is 2.46. The molecule has 4 nitrogen and oxygen atoms in total. The van der Waals surface area contributed by atoms with Crippen molar-refractivity contribution in [3.05, 3.63) is 101 Å². The maximum atomic E-state index is 11.9. The summed E-state index contributed by atoms with van der Waals surface area (Å²) in [4.78, 5) is 16.1. The van der Waals surface area contributed by atoms with Gasteiger partial charge in [0, 0.05) is 23.8 Å². The van der Waals surface area contributed by atoms with Gasteiger partial charge in [-0.15, -0.1) is 0 Å². The van der Waals surface area contributed by atoms with E-state index < -0.39 is 0 Å². The van der Waals surface area contributed by atoms with Crippen LogP contribution in [0.2, 0.25) is 5.02 Å². The van der Waals surface area contributed by atoms with Crippen LogP contribution >= 0.6 is 11.6 Å². The lowest BCUT2D eigenvalue weighted by atomic mass is 10.2. The molecule has 0 aliphatic rings. The molecule has 27 heavy (non-hydrogen) atoms. The van der Waals surface area contributed by atoms with Crippen LogP contribution in [-0.2, 0) is 17.9 Å². The van der Waals surface area contributed by atoms with Crippen LogP contribution in [0.1, 0.15) is 16.8 Å². The van der Waals surface area contributed by atoms with E-state index in [1.807, 2.05) is 54.6 Å². The molecule has 5 heteroatoms. The van der Waals surface area contributed by atoms with Crippen LogP contribution in [0, 0.1) is 0 Å². The number of nitrogens with one attached hydrogen (secondary N) is 1. The first-order chi connectivity index (χ1) is 13.2. The zero-order valence-corrected chi connectivity index (χ0v) is 15.4. The summed E-state index contributed by atoms with van der Waals surface area (Å²) in [5, 5.41) is 3.52. The van der Waals surface area contributed by atoms with Gasteiger partial charge in [0.15, 0.2) is 0 Å². The van der Waals surface area contributed by atoms with Crippen molar-refractivity contribution in [2.75, 3.05) is 0 Å². The number of amides is 1. The number of rotatable bonds is 7. The Labute approximate surface area is 163 Å². The van der Waals surface area contributed by atoms with Gasteiger partial charge < -0.3 is 10.1 Å². The van der Waals surface area contributed by atoms with E-state index in [-0.39, 0.29) is 5.91 Å². The highest BCUT2D eigenvalue weighted by molar-refractivity contribution is 6.30. The minimum Gasteiger partial charge on any atom is -0.487 e. The zero-order valence-electron chi connectivity index (χ0n) is 14.6. The maximum absolute atomic E-state index is 11.9. The lowest BCUT2D eigenvalue weighted by molar-refractivity contribution is -0.116. The molecule has 0 aliphatic carbocycles. The second-order valence-corrected chi connectivity index (χ2v) is 6.29. The number of carbonyl (C=O) groups is 1. The van der Waals surface area contributed by atoms with Gasteiger partial charge in [-0.05, 0) is 53.6 Å². The van der Waals surface area contributed by atoms with Crippen molar-refractivity contribution in [2.45, 2.75) is 13.2 Å². The zero-order chi connectivity index (χ0) is 18.9. The molecule has 0 bridgehead atoms. The highest BCUT2D eigenvalue weighted by Crippen LogP contribution is 2.14. The minimum atomic E-state index is -0.152. The SMILES string of the molecule is O=C(/C=C/c1ccc(OCc2ccccn2)cc1)NCc1ccc(Cl)cc1. The van der Waals surface area contributed by atoms with E-state index in [2.05, 4.69) is 10.3 Å². The van der Waals surface area contributed by atoms with Crippen molar-refractivity contribution in [3.63, 3.8) is 0 Å². The first-order valence-corrected chi connectivity index (χ1v) is 8.90. The summed E-state index contributed by atoms with van der Waals surface area (Å²) in [7, 11) is 0. The fraction of sp³-hybridized carbons (Fsp3) is 0.0909. The smallest absolute Gasteiger partial charge is 0.244 e. The molecular weight excluding hydrogens is 360 g/mol. The van der Waals surface area contributed by atoms with Gasteiger partial charge in [0.05, 0.1) is 5.69 Å². The molecule has 1 amide bonds. The van der Waals surface area contributed by atoms with Crippen molar-refractivity contribution >= 4 is 23.6 Å². The van der Waals surface area contributed by atoms with Crippen LogP contribution in [0.15, 0.2) is 79.0 Å². The molecule has 1 heterocycles. The summed E-state index contributed by atoms with van der Waals surface area (Å²) in [6.07, 6.45) is 5.02. The quantitative estimate of drug-likeness (QED) is 0.609. The number of nitrogens with zero attached hydrogens (tertiary/aromatic N) is 1. The standard InChI is InChI=1S/C22H19ClN2O2/c23-19-9-4-18(5-10-19)15-25-22(26)13-8-17-6-11-21(12-7-17)27-16-20-3-1-2-14-24-20/h1-14H,15-16H2,(H,25,26)/b13-8+. The topological polar surface area (TPSA) is 51.2 Å². The van der Waals surface area contributed by atoms with Gasteiger partial charge in [-0.1, -0.05) is 41.9 Å². The molecule has 0 spiro atoms. The number of hydrogen-bond donors (Lipinski definition) is 1. The average Bonchev–Trinajstić information content (AvgIpc) is 2.72. The normalized spacial score (nSPS) is 10.7. The van der Waals surface area contributed by atoms with Gasteiger partial charge in [-0.3, -0.25) is 9.78 Å². The van der Waals surface area contributed by atoms with E-state index in [1.165, 1.54) is 6.08 Å². The van der Waals surface area contributed by atoms with Crippen LogP contribution in [-0.4, -0.2) is 10.9 Å². The number of ether oxygens (including phenoxy) is 1. The van der Waals surface area contributed by atoms with Gasteiger partial charge in [-0.2, -0.15) is 0 Å². The Balaban J connectivity index is 1.46. The Hall–Kier alpha value is -3.11. The molecule has 2 aromatic carbocycles. The van der Waals surface area contributed by atoms with Crippen LogP contribution in [0.4, 0.5) is 0 Å². The van der Waals surface area contributed by atoms with E-state index in [0.717, 1.165) is 22.6 Å². The van der Waals surface area contributed by atoms with Crippen molar-refractivity contribution in [1.29, 1.82) is 0 Å². The Morgan fingerprint density at radius 1 is 1.04 bits per heavy atom. The van der Waals surface area contributed by atoms with Crippen LogP contribution in [0.5, 0.6) is 5.75 Å². The molecule has 0 saturated carbocycles. The average molecular weight is 379 g/mol. The molecule has 3 rings (SSSR count). The Morgan fingerprint density at radius 3 is 2.52 bits per heavy atom. The second kappa shape index (κ2) is 9.55. The predicted octanol–water partition coefficient (Wildman–Crippen LogP) is 4.64. The van der Waals surface area contributed by atoms with E-state index in [4.69, 9.17) is 16.3 Å². The van der Waals surface area contributed by atoms with Crippen LogP contribution in [0.25, 0.3) is 6.08 Å². The molecule has 1 aromatic heterocycles. The van der Waals surface area contributed by atoms with Crippen LogP contribution < -0.4 is 10.1 Å². The van der Waals surface area contributed by atoms with Crippen molar-refractivity contribution in [3.8, 4) is 5.75 Å². The first kappa shape index (κ1) is 18.7. The lowest BCUT2D eigenvalue weighted by Gasteiger charge is -2.06. The number of hydrogen-bond acceptors (Lipinski definition) is 3. The summed E-state index contributed by atoms with van der Waals surface area (Å²) in [6.45, 7) is 0.879. The molecule has 0 unspecified atom stereocenters. The minimum absolute atomic E-state index is 0.152. The molecule has 0 atom stereocenters. The second-order valence-electron chi connectivity index (χ2n) is 5.86.